The number of aliphatic hydroxyl groups excluding tert-OH is 2. The normalized spacial score (nSPS) is 29.2. The monoisotopic (exact) mass is 223 g/mol. The number of nitro groups is 1. The fourth-order valence-electron chi connectivity index (χ4n) is 2.13. The average molecular weight is 223 g/mol. The highest BCUT2D eigenvalue weighted by Crippen LogP contribution is 2.29. The van der Waals surface area contributed by atoms with Crippen LogP contribution in [0.2, 0.25) is 0 Å². The summed E-state index contributed by atoms with van der Waals surface area (Å²) >= 11 is 0. The Kier molecular flexibility index (Phi) is 2.89. The summed E-state index contributed by atoms with van der Waals surface area (Å²) in [5, 5.41) is 30.3. The van der Waals surface area contributed by atoms with E-state index in [1.165, 1.54) is 0 Å². The molecule has 0 aliphatic heterocycles. The summed E-state index contributed by atoms with van der Waals surface area (Å²) in [6, 6.07) is 6.03. The molecule has 1 aliphatic carbocycles. The zero-order valence-electron chi connectivity index (χ0n) is 8.61. The van der Waals surface area contributed by atoms with Crippen LogP contribution < -0.4 is 0 Å². The van der Waals surface area contributed by atoms with Crippen LogP contribution in [-0.2, 0) is 6.42 Å². The molecule has 0 saturated carbocycles. The van der Waals surface area contributed by atoms with Crippen molar-refractivity contribution in [2.24, 2.45) is 0 Å². The minimum atomic E-state index is -1.10. The zero-order chi connectivity index (χ0) is 11.7. The van der Waals surface area contributed by atoms with Crippen molar-refractivity contribution in [1.82, 2.24) is 0 Å². The summed E-state index contributed by atoms with van der Waals surface area (Å²) < 4.78 is 0. The van der Waals surface area contributed by atoms with E-state index in [2.05, 4.69) is 0 Å². The minimum absolute atomic E-state index is 0.0165. The Morgan fingerprint density at radius 3 is 2.69 bits per heavy atom. The maximum Gasteiger partial charge on any atom is 0.242 e. The first kappa shape index (κ1) is 11.0. The molecule has 2 rings (SSSR count). The van der Waals surface area contributed by atoms with Crippen molar-refractivity contribution in [3.8, 4) is 0 Å². The molecule has 1 aromatic rings. The predicted molar refractivity (Wildman–Crippen MR) is 56.5 cm³/mol. The standard InChI is InChI=1S/C11H13NO4/c13-10-6-11(14)9(12(15)16)5-7-3-1-2-4-8(7)10/h1-4,9-11,13-14H,5-6H2. The Hall–Kier alpha value is -1.46. The number of hydrogen-bond donors (Lipinski definition) is 2. The van der Waals surface area contributed by atoms with Crippen LogP contribution in [0, 0.1) is 10.1 Å². The maximum atomic E-state index is 10.8. The van der Waals surface area contributed by atoms with Crippen LogP contribution in [0.4, 0.5) is 0 Å². The molecule has 1 aliphatic rings. The molecule has 0 fully saturated rings. The first-order valence-corrected chi connectivity index (χ1v) is 5.17. The summed E-state index contributed by atoms with van der Waals surface area (Å²) in [4.78, 5) is 10.3. The number of aliphatic hydroxyl groups is 2. The van der Waals surface area contributed by atoms with Gasteiger partial charge in [-0.1, -0.05) is 24.3 Å². The summed E-state index contributed by atoms with van der Waals surface area (Å²) in [6.45, 7) is 0. The van der Waals surface area contributed by atoms with E-state index >= 15 is 0 Å². The van der Waals surface area contributed by atoms with E-state index in [1.807, 2.05) is 0 Å². The largest absolute Gasteiger partial charge is 0.388 e. The highest BCUT2D eigenvalue weighted by Gasteiger charge is 2.36. The fourth-order valence-corrected chi connectivity index (χ4v) is 2.13. The van der Waals surface area contributed by atoms with Crippen molar-refractivity contribution in [3.05, 3.63) is 45.5 Å². The third-order valence-electron chi connectivity index (χ3n) is 3.02. The minimum Gasteiger partial charge on any atom is -0.388 e. The second-order valence-corrected chi connectivity index (χ2v) is 4.07. The van der Waals surface area contributed by atoms with Gasteiger partial charge in [-0.05, 0) is 11.1 Å². The van der Waals surface area contributed by atoms with Crippen LogP contribution in [0.25, 0.3) is 0 Å². The molecule has 1 aromatic carbocycles. The molecule has 5 nitrogen and oxygen atoms in total. The highest BCUT2D eigenvalue weighted by atomic mass is 16.6. The summed E-state index contributed by atoms with van der Waals surface area (Å²) in [5.74, 6) is 0. The first-order valence-electron chi connectivity index (χ1n) is 5.17. The third kappa shape index (κ3) is 1.91. The third-order valence-corrected chi connectivity index (χ3v) is 3.02. The SMILES string of the molecule is O=[N+]([O-])C1Cc2ccccc2C(O)CC1O. The smallest absolute Gasteiger partial charge is 0.242 e. The molecule has 0 spiro atoms. The van der Waals surface area contributed by atoms with Crippen LogP contribution in [-0.4, -0.2) is 27.3 Å². The molecule has 0 saturated heterocycles. The van der Waals surface area contributed by atoms with E-state index in [0.29, 0.717) is 5.56 Å². The molecule has 86 valence electrons. The van der Waals surface area contributed by atoms with Gasteiger partial charge < -0.3 is 10.2 Å². The van der Waals surface area contributed by atoms with E-state index in [-0.39, 0.29) is 12.8 Å². The summed E-state index contributed by atoms with van der Waals surface area (Å²) in [7, 11) is 0. The second-order valence-electron chi connectivity index (χ2n) is 4.07. The van der Waals surface area contributed by atoms with Crippen molar-refractivity contribution >= 4 is 0 Å². The van der Waals surface area contributed by atoms with Crippen molar-refractivity contribution in [2.75, 3.05) is 0 Å². The van der Waals surface area contributed by atoms with E-state index in [0.717, 1.165) is 5.56 Å². The maximum absolute atomic E-state index is 10.8. The van der Waals surface area contributed by atoms with Gasteiger partial charge in [0.1, 0.15) is 6.10 Å². The molecule has 0 aromatic heterocycles. The summed E-state index contributed by atoms with van der Waals surface area (Å²) in [6.07, 6.45) is -1.74. The van der Waals surface area contributed by atoms with Gasteiger partial charge in [-0.2, -0.15) is 0 Å². The molecule has 0 radical (unpaired) electrons. The first-order chi connectivity index (χ1) is 7.59. The molecule has 5 heteroatoms. The number of benzene rings is 1. The van der Waals surface area contributed by atoms with Gasteiger partial charge in [-0.15, -0.1) is 0 Å². The van der Waals surface area contributed by atoms with Crippen LogP contribution in [0.5, 0.6) is 0 Å². The Morgan fingerprint density at radius 1 is 1.31 bits per heavy atom. The van der Waals surface area contributed by atoms with Crippen LogP contribution in [0.1, 0.15) is 23.7 Å². The van der Waals surface area contributed by atoms with Gasteiger partial charge in [0, 0.05) is 17.8 Å². The van der Waals surface area contributed by atoms with Gasteiger partial charge in [0.15, 0.2) is 0 Å². The van der Waals surface area contributed by atoms with Gasteiger partial charge >= 0.3 is 0 Å². The molecule has 0 amide bonds. The second kappa shape index (κ2) is 4.19. The molecular weight excluding hydrogens is 210 g/mol. The van der Waals surface area contributed by atoms with E-state index < -0.39 is 23.2 Å². The fraction of sp³-hybridized carbons (Fsp3) is 0.455. The number of nitrogens with zero attached hydrogens (tertiary/aromatic N) is 1. The Balaban J connectivity index is 2.39. The Labute approximate surface area is 92.5 Å². The van der Waals surface area contributed by atoms with Crippen LogP contribution in [0.3, 0.4) is 0 Å². The molecular formula is C11H13NO4. The van der Waals surface area contributed by atoms with Crippen molar-refractivity contribution < 1.29 is 15.1 Å². The van der Waals surface area contributed by atoms with Gasteiger partial charge in [0.2, 0.25) is 6.04 Å². The van der Waals surface area contributed by atoms with Crippen LogP contribution in [0.15, 0.2) is 24.3 Å². The lowest BCUT2D eigenvalue weighted by atomic mass is 10.0. The average Bonchev–Trinajstić information content (AvgIpc) is 2.37. The van der Waals surface area contributed by atoms with Gasteiger partial charge in [0.25, 0.3) is 0 Å². The molecule has 0 bridgehead atoms. The number of hydrogen-bond acceptors (Lipinski definition) is 4. The molecule has 3 unspecified atom stereocenters. The molecule has 16 heavy (non-hydrogen) atoms. The molecule has 0 heterocycles. The van der Waals surface area contributed by atoms with Gasteiger partial charge in [-0.25, -0.2) is 0 Å². The lowest BCUT2D eigenvalue weighted by molar-refractivity contribution is -0.534. The Bertz CT molecular complexity index is 407. The predicted octanol–water partition coefficient (Wildman–Crippen LogP) is 0.672. The van der Waals surface area contributed by atoms with E-state index in [1.54, 1.807) is 24.3 Å². The van der Waals surface area contributed by atoms with E-state index in [4.69, 9.17) is 0 Å². The van der Waals surface area contributed by atoms with Gasteiger partial charge in [0.05, 0.1) is 6.10 Å². The zero-order valence-corrected chi connectivity index (χ0v) is 8.61. The number of fused-ring (bicyclic) bond motifs is 1. The van der Waals surface area contributed by atoms with Crippen molar-refractivity contribution in [2.45, 2.75) is 31.1 Å². The highest BCUT2D eigenvalue weighted by molar-refractivity contribution is 5.31. The molecule has 2 N–H and O–H groups in total. The van der Waals surface area contributed by atoms with E-state index in [9.17, 15) is 20.3 Å². The van der Waals surface area contributed by atoms with Crippen molar-refractivity contribution in [3.63, 3.8) is 0 Å². The van der Waals surface area contributed by atoms with Gasteiger partial charge in [-0.3, -0.25) is 10.1 Å². The summed E-state index contributed by atoms with van der Waals surface area (Å²) in [5.41, 5.74) is 1.43. The van der Waals surface area contributed by atoms with Crippen LogP contribution >= 0.6 is 0 Å². The number of rotatable bonds is 1. The lowest BCUT2D eigenvalue weighted by Crippen LogP contribution is -2.34. The molecule has 3 atom stereocenters. The topological polar surface area (TPSA) is 83.6 Å². The lowest BCUT2D eigenvalue weighted by Gasteiger charge is -2.13. The quantitative estimate of drug-likeness (QED) is 0.416. The van der Waals surface area contributed by atoms with Crippen molar-refractivity contribution in [1.29, 1.82) is 0 Å². The Morgan fingerprint density at radius 2 is 2.00 bits per heavy atom.